The Labute approximate surface area is 172 Å². The summed E-state index contributed by atoms with van der Waals surface area (Å²) in [6.07, 6.45) is -3.36. The molecule has 0 spiro atoms. The number of hydrogen-bond acceptors (Lipinski definition) is 3. The highest BCUT2D eigenvalue weighted by atomic mass is 35.5. The van der Waals surface area contributed by atoms with E-state index in [0.29, 0.717) is 5.02 Å². The molecule has 1 N–H and O–H groups in total. The minimum Gasteiger partial charge on any atom is -0.350 e. The number of benzene rings is 2. The number of rotatable bonds is 7. The van der Waals surface area contributed by atoms with E-state index >= 15 is 0 Å². The third-order valence-corrected chi connectivity index (χ3v) is 5.56. The zero-order chi connectivity index (χ0) is 21.8. The van der Waals surface area contributed by atoms with Gasteiger partial charge in [-0.2, -0.15) is 13.2 Å². The number of anilines is 1. The first-order valence-corrected chi connectivity index (χ1v) is 10.8. The lowest BCUT2D eigenvalue weighted by Crippen LogP contribution is -2.49. The van der Waals surface area contributed by atoms with Gasteiger partial charge in [-0.15, -0.1) is 0 Å². The standard InChI is InChI=1S/C19H20ClF3N2O3S/c1-3-17(25(29(2,27)28)16-9-7-15(20)8-10-16)18(26)24-12-13-5-4-6-14(11-13)19(21,22)23/h4-11,17H,3,12H2,1-2H3,(H,24,26)/t17-/m1/s1. The molecule has 0 aliphatic rings. The van der Waals surface area contributed by atoms with Crippen LogP contribution < -0.4 is 9.62 Å². The molecular formula is C19H20ClF3N2O3S. The van der Waals surface area contributed by atoms with E-state index in [1.165, 1.54) is 36.4 Å². The van der Waals surface area contributed by atoms with Gasteiger partial charge in [0.15, 0.2) is 0 Å². The van der Waals surface area contributed by atoms with E-state index < -0.39 is 33.7 Å². The van der Waals surface area contributed by atoms with Crippen LogP contribution in [0.2, 0.25) is 5.02 Å². The molecule has 10 heteroatoms. The van der Waals surface area contributed by atoms with Crippen LogP contribution in [0.25, 0.3) is 0 Å². The Morgan fingerprint density at radius 1 is 1.17 bits per heavy atom. The highest BCUT2D eigenvalue weighted by Gasteiger charge is 2.32. The van der Waals surface area contributed by atoms with Gasteiger partial charge in [-0.05, 0) is 48.4 Å². The molecule has 0 unspecified atom stereocenters. The molecule has 0 bridgehead atoms. The molecule has 0 aliphatic carbocycles. The summed E-state index contributed by atoms with van der Waals surface area (Å²) >= 11 is 5.84. The predicted molar refractivity (Wildman–Crippen MR) is 106 cm³/mol. The van der Waals surface area contributed by atoms with Crippen LogP contribution in [0.4, 0.5) is 18.9 Å². The Kier molecular flexibility index (Phi) is 7.18. The molecule has 0 saturated heterocycles. The Hall–Kier alpha value is -2.26. The lowest BCUT2D eigenvalue weighted by atomic mass is 10.1. The van der Waals surface area contributed by atoms with E-state index in [4.69, 9.17) is 11.6 Å². The maximum absolute atomic E-state index is 12.8. The van der Waals surface area contributed by atoms with Crippen molar-refractivity contribution in [2.75, 3.05) is 10.6 Å². The molecule has 2 rings (SSSR count). The van der Waals surface area contributed by atoms with Gasteiger partial charge in [0.2, 0.25) is 15.9 Å². The van der Waals surface area contributed by atoms with Crippen molar-refractivity contribution in [2.45, 2.75) is 32.1 Å². The van der Waals surface area contributed by atoms with Gasteiger partial charge in [0, 0.05) is 11.6 Å². The van der Waals surface area contributed by atoms with Gasteiger partial charge < -0.3 is 5.32 Å². The number of amides is 1. The van der Waals surface area contributed by atoms with Crippen molar-refractivity contribution in [3.8, 4) is 0 Å². The molecule has 1 amide bonds. The minimum absolute atomic E-state index is 0.157. The summed E-state index contributed by atoms with van der Waals surface area (Å²) in [5, 5.41) is 2.93. The molecule has 0 aliphatic heterocycles. The molecule has 0 saturated carbocycles. The maximum Gasteiger partial charge on any atom is 0.416 e. The normalized spacial score (nSPS) is 13.0. The first kappa shape index (κ1) is 23.0. The van der Waals surface area contributed by atoms with Gasteiger partial charge in [0.1, 0.15) is 6.04 Å². The summed E-state index contributed by atoms with van der Waals surface area (Å²) in [6, 6.07) is 9.46. The quantitative estimate of drug-likeness (QED) is 0.689. The highest BCUT2D eigenvalue weighted by Crippen LogP contribution is 2.29. The summed E-state index contributed by atoms with van der Waals surface area (Å²) in [7, 11) is -3.82. The molecule has 158 valence electrons. The SMILES string of the molecule is CC[C@H](C(=O)NCc1cccc(C(F)(F)F)c1)N(c1ccc(Cl)cc1)S(C)(=O)=O. The predicted octanol–water partition coefficient (Wildman–Crippen LogP) is 4.22. The fourth-order valence-electron chi connectivity index (χ4n) is 2.81. The van der Waals surface area contributed by atoms with Crippen LogP contribution in [-0.4, -0.2) is 26.6 Å². The van der Waals surface area contributed by atoms with Gasteiger partial charge in [-0.1, -0.05) is 30.7 Å². The van der Waals surface area contributed by atoms with Crippen LogP contribution >= 0.6 is 11.6 Å². The van der Waals surface area contributed by atoms with Gasteiger partial charge in [0.25, 0.3) is 0 Å². The monoisotopic (exact) mass is 448 g/mol. The summed E-state index contributed by atoms with van der Waals surface area (Å²) in [6.45, 7) is 1.47. The zero-order valence-electron chi connectivity index (χ0n) is 15.7. The van der Waals surface area contributed by atoms with Gasteiger partial charge in [-0.25, -0.2) is 8.42 Å². The summed E-state index contributed by atoms with van der Waals surface area (Å²) in [4.78, 5) is 12.7. The van der Waals surface area contributed by atoms with Crippen LogP contribution in [0.1, 0.15) is 24.5 Å². The van der Waals surface area contributed by atoms with Crippen LogP contribution in [0.3, 0.4) is 0 Å². The molecule has 1 atom stereocenters. The molecule has 5 nitrogen and oxygen atoms in total. The number of carbonyl (C=O) groups is 1. The summed E-state index contributed by atoms with van der Waals surface area (Å²) in [5.41, 5.74) is -0.311. The number of halogens is 4. The average Bonchev–Trinajstić information content (AvgIpc) is 2.63. The van der Waals surface area contributed by atoms with Crippen molar-refractivity contribution in [1.29, 1.82) is 0 Å². The van der Waals surface area contributed by atoms with Crippen LogP contribution in [-0.2, 0) is 27.5 Å². The largest absolute Gasteiger partial charge is 0.416 e. The first-order chi connectivity index (χ1) is 13.4. The number of carbonyl (C=O) groups excluding carboxylic acids is 1. The lowest BCUT2D eigenvalue weighted by Gasteiger charge is -2.30. The molecule has 0 heterocycles. The smallest absolute Gasteiger partial charge is 0.350 e. The van der Waals surface area contributed by atoms with E-state index in [0.717, 1.165) is 22.7 Å². The second-order valence-corrected chi connectivity index (χ2v) is 8.67. The zero-order valence-corrected chi connectivity index (χ0v) is 17.3. The highest BCUT2D eigenvalue weighted by molar-refractivity contribution is 7.92. The van der Waals surface area contributed by atoms with Crippen molar-refractivity contribution < 1.29 is 26.4 Å². The number of sulfonamides is 1. The Morgan fingerprint density at radius 2 is 1.79 bits per heavy atom. The third kappa shape index (κ3) is 6.11. The van der Waals surface area contributed by atoms with E-state index in [1.807, 2.05) is 0 Å². The van der Waals surface area contributed by atoms with Crippen LogP contribution in [0.5, 0.6) is 0 Å². The second kappa shape index (κ2) is 9.04. The molecule has 0 aromatic heterocycles. The minimum atomic E-state index is -4.49. The van der Waals surface area contributed by atoms with Crippen molar-refractivity contribution >= 4 is 33.2 Å². The fraction of sp³-hybridized carbons (Fsp3) is 0.316. The Bertz CT molecular complexity index is 963. The summed E-state index contributed by atoms with van der Waals surface area (Å²) in [5.74, 6) is -0.620. The van der Waals surface area contributed by atoms with Crippen LogP contribution in [0, 0.1) is 0 Å². The van der Waals surface area contributed by atoms with Crippen molar-refractivity contribution in [3.63, 3.8) is 0 Å². The first-order valence-electron chi connectivity index (χ1n) is 8.62. The topological polar surface area (TPSA) is 66.5 Å². The average molecular weight is 449 g/mol. The molecule has 2 aromatic rings. The third-order valence-electron chi connectivity index (χ3n) is 4.13. The maximum atomic E-state index is 12.8. The fourth-order valence-corrected chi connectivity index (χ4v) is 4.15. The lowest BCUT2D eigenvalue weighted by molar-refractivity contribution is -0.137. The molecule has 0 radical (unpaired) electrons. The van der Waals surface area contributed by atoms with E-state index in [1.54, 1.807) is 6.92 Å². The number of nitrogens with zero attached hydrogens (tertiary/aromatic N) is 1. The van der Waals surface area contributed by atoms with Gasteiger partial charge >= 0.3 is 6.18 Å². The molecule has 29 heavy (non-hydrogen) atoms. The second-order valence-electron chi connectivity index (χ2n) is 6.38. The molecule has 0 fully saturated rings. The Balaban J connectivity index is 2.23. The number of hydrogen-bond donors (Lipinski definition) is 1. The van der Waals surface area contributed by atoms with Crippen molar-refractivity contribution in [2.24, 2.45) is 0 Å². The van der Waals surface area contributed by atoms with E-state index in [-0.39, 0.29) is 24.2 Å². The van der Waals surface area contributed by atoms with Crippen molar-refractivity contribution in [3.05, 3.63) is 64.7 Å². The van der Waals surface area contributed by atoms with E-state index in [9.17, 15) is 26.4 Å². The number of nitrogens with one attached hydrogen (secondary N) is 1. The number of alkyl halides is 3. The van der Waals surface area contributed by atoms with Crippen LogP contribution in [0.15, 0.2) is 48.5 Å². The molecular weight excluding hydrogens is 429 g/mol. The van der Waals surface area contributed by atoms with E-state index in [2.05, 4.69) is 5.32 Å². The van der Waals surface area contributed by atoms with Gasteiger partial charge in [-0.3, -0.25) is 9.10 Å². The Morgan fingerprint density at radius 3 is 2.31 bits per heavy atom. The molecule has 2 aromatic carbocycles. The van der Waals surface area contributed by atoms with Crippen molar-refractivity contribution in [1.82, 2.24) is 5.32 Å². The van der Waals surface area contributed by atoms with Gasteiger partial charge in [0.05, 0.1) is 17.5 Å². The summed E-state index contributed by atoms with van der Waals surface area (Å²) < 4.78 is 64.2.